The highest BCUT2D eigenvalue weighted by molar-refractivity contribution is 7.90. The molecule has 0 fully saturated rings. The zero-order valence-corrected chi connectivity index (χ0v) is 20.3. The lowest BCUT2D eigenvalue weighted by molar-refractivity contribution is -0.274. The van der Waals surface area contributed by atoms with Crippen molar-refractivity contribution < 1.29 is 36.2 Å². The first kappa shape index (κ1) is 25.3. The van der Waals surface area contributed by atoms with E-state index in [9.17, 15) is 31.5 Å². The van der Waals surface area contributed by atoms with Crippen LogP contribution in [0.5, 0.6) is 5.75 Å². The molecule has 4 aromatic rings. The lowest BCUT2D eigenvalue weighted by atomic mass is 9.99. The van der Waals surface area contributed by atoms with Gasteiger partial charge in [0.05, 0.1) is 21.7 Å². The van der Waals surface area contributed by atoms with E-state index in [1.54, 1.807) is 25.1 Å². The minimum Gasteiger partial charge on any atom is -0.478 e. The van der Waals surface area contributed by atoms with Gasteiger partial charge in [-0.05, 0) is 66.4 Å². The fourth-order valence-corrected chi connectivity index (χ4v) is 5.63. The molecule has 10 heteroatoms. The first-order valence-corrected chi connectivity index (χ1v) is 12.3. The van der Waals surface area contributed by atoms with Crippen LogP contribution >= 0.6 is 0 Å². The van der Waals surface area contributed by atoms with Crippen molar-refractivity contribution >= 4 is 26.9 Å². The van der Waals surface area contributed by atoms with Gasteiger partial charge in [0.1, 0.15) is 5.75 Å². The third-order valence-corrected chi connectivity index (χ3v) is 7.55. The van der Waals surface area contributed by atoms with Crippen LogP contribution in [0.3, 0.4) is 0 Å². The first-order valence-electron chi connectivity index (χ1n) is 10.9. The molecule has 0 bridgehead atoms. The number of aromatic nitrogens is 1. The molecule has 3 aromatic carbocycles. The number of carbonyl (C=O) groups is 1. The quantitative estimate of drug-likeness (QED) is 0.313. The van der Waals surface area contributed by atoms with E-state index in [-0.39, 0.29) is 38.5 Å². The second-order valence-electron chi connectivity index (χ2n) is 8.59. The van der Waals surface area contributed by atoms with Gasteiger partial charge in [-0.1, -0.05) is 38.1 Å². The Balaban J connectivity index is 2.04. The molecule has 1 heterocycles. The highest BCUT2D eigenvalue weighted by Gasteiger charge is 2.32. The lowest BCUT2D eigenvalue weighted by Gasteiger charge is -2.16. The summed E-state index contributed by atoms with van der Waals surface area (Å²) in [5.74, 6) is -1.63. The van der Waals surface area contributed by atoms with Gasteiger partial charge in [0.25, 0.3) is 10.0 Å². The number of halogens is 3. The molecular weight excluding hydrogens is 495 g/mol. The zero-order valence-electron chi connectivity index (χ0n) is 19.5. The highest BCUT2D eigenvalue weighted by Crippen LogP contribution is 2.38. The van der Waals surface area contributed by atoms with E-state index in [0.29, 0.717) is 5.56 Å². The summed E-state index contributed by atoms with van der Waals surface area (Å²) in [6.45, 7) is 5.56. The number of benzene rings is 3. The topological polar surface area (TPSA) is 85.6 Å². The molecule has 0 unspecified atom stereocenters. The van der Waals surface area contributed by atoms with E-state index in [2.05, 4.69) is 4.74 Å². The van der Waals surface area contributed by atoms with Crippen molar-refractivity contribution in [1.82, 2.24) is 3.97 Å². The largest absolute Gasteiger partial charge is 0.573 e. The summed E-state index contributed by atoms with van der Waals surface area (Å²) < 4.78 is 71.2. The van der Waals surface area contributed by atoms with E-state index in [0.717, 1.165) is 21.7 Å². The standard InChI is InChI=1S/C26H22F3NO5S/c1-15(2)17-7-10-20(11-8-17)36(33,34)30-22-12-9-19(35-26(27,28)29)13-18(22)14-23(30)24-16(3)5-4-6-21(24)25(31)32/h4-15H,1-3H3,(H,31,32). The van der Waals surface area contributed by atoms with Gasteiger partial charge in [-0.3, -0.25) is 0 Å². The molecule has 0 aliphatic carbocycles. The summed E-state index contributed by atoms with van der Waals surface area (Å²) in [4.78, 5) is 12.0. The summed E-state index contributed by atoms with van der Waals surface area (Å²) >= 11 is 0. The number of carboxylic acid groups (broad SMARTS) is 1. The number of ether oxygens (including phenoxy) is 1. The number of nitrogens with zero attached hydrogens (tertiary/aromatic N) is 1. The average molecular weight is 518 g/mol. The highest BCUT2D eigenvalue weighted by atomic mass is 32.2. The van der Waals surface area contributed by atoms with Crippen LogP contribution in [-0.2, 0) is 10.0 Å². The normalized spacial score (nSPS) is 12.3. The number of hydrogen-bond donors (Lipinski definition) is 1. The molecule has 0 saturated heterocycles. The van der Waals surface area contributed by atoms with Crippen molar-refractivity contribution in [1.29, 1.82) is 0 Å². The molecule has 1 N–H and O–H groups in total. The number of aryl methyl sites for hydroxylation is 1. The average Bonchev–Trinajstić information content (AvgIpc) is 3.16. The van der Waals surface area contributed by atoms with Crippen LogP contribution in [0, 0.1) is 6.92 Å². The number of rotatable bonds is 6. The molecule has 0 aliphatic rings. The Labute approximate surface area is 205 Å². The Morgan fingerprint density at radius 1 is 1.00 bits per heavy atom. The predicted molar refractivity (Wildman–Crippen MR) is 129 cm³/mol. The van der Waals surface area contributed by atoms with Crippen LogP contribution < -0.4 is 4.74 Å². The Kier molecular flexibility index (Phi) is 6.34. The van der Waals surface area contributed by atoms with E-state index in [1.807, 2.05) is 13.8 Å². The van der Waals surface area contributed by atoms with Crippen LogP contribution in [0.2, 0.25) is 0 Å². The summed E-state index contributed by atoms with van der Waals surface area (Å²) in [6.07, 6.45) is -4.93. The smallest absolute Gasteiger partial charge is 0.478 e. The maximum absolute atomic E-state index is 13.9. The van der Waals surface area contributed by atoms with Crippen LogP contribution in [0.15, 0.2) is 71.6 Å². The molecule has 0 radical (unpaired) electrons. The van der Waals surface area contributed by atoms with Gasteiger partial charge in [0.2, 0.25) is 0 Å². The maximum Gasteiger partial charge on any atom is 0.573 e. The van der Waals surface area contributed by atoms with Gasteiger partial charge in [0, 0.05) is 10.9 Å². The number of aromatic carboxylic acids is 1. The van der Waals surface area contributed by atoms with Gasteiger partial charge in [-0.2, -0.15) is 0 Å². The van der Waals surface area contributed by atoms with Crippen LogP contribution in [0.4, 0.5) is 13.2 Å². The SMILES string of the molecule is Cc1cccc(C(=O)O)c1-c1cc2cc(OC(F)(F)F)ccc2n1S(=O)(=O)c1ccc(C(C)C)cc1. The molecule has 0 atom stereocenters. The van der Waals surface area contributed by atoms with Crippen molar-refractivity contribution in [3.05, 3.63) is 83.4 Å². The van der Waals surface area contributed by atoms with E-state index in [4.69, 9.17) is 0 Å². The molecule has 0 amide bonds. The van der Waals surface area contributed by atoms with Crippen LogP contribution in [0.1, 0.15) is 41.3 Å². The minimum absolute atomic E-state index is 0.0117. The molecule has 36 heavy (non-hydrogen) atoms. The van der Waals surface area contributed by atoms with E-state index in [1.165, 1.54) is 36.4 Å². The summed E-state index contributed by atoms with van der Waals surface area (Å²) in [5, 5.41) is 9.92. The van der Waals surface area contributed by atoms with Crippen molar-refractivity contribution in [3.63, 3.8) is 0 Å². The van der Waals surface area contributed by atoms with Crippen molar-refractivity contribution in [2.75, 3.05) is 0 Å². The van der Waals surface area contributed by atoms with Gasteiger partial charge in [-0.15, -0.1) is 13.2 Å². The van der Waals surface area contributed by atoms with Gasteiger partial charge in [0.15, 0.2) is 0 Å². The Morgan fingerprint density at radius 2 is 1.67 bits per heavy atom. The van der Waals surface area contributed by atoms with Gasteiger partial charge in [-0.25, -0.2) is 17.2 Å². The molecule has 4 rings (SSSR count). The maximum atomic E-state index is 13.9. The van der Waals surface area contributed by atoms with Crippen molar-refractivity contribution in [2.45, 2.75) is 37.9 Å². The number of hydrogen-bond acceptors (Lipinski definition) is 4. The number of alkyl halides is 3. The molecule has 6 nitrogen and oxygen atoms in total. The lowest BCUT2D eigenvalue weighted by Crippen LogP contribution is -2.17. The fourth-order valence-electron chi connectivity index (χ4n) is 4.11. The third kappa shape index (κ3) is 4.68. The van der Waals surface area contributed by atoms with Crippen LogP contribution in [-0.4, -0.2) is 29.8 Å². The molecule has 0 saturated carbocycles. The second-order valence-corrected chi connectivity index (χ2v) is 10.4. The Morgan fingerprint density at radius 3 is 2.25 bits per heavy atom. The molecule has 0 spiro atoms. The summed E-state index contributed by atoms with van der Waals surface area (Å²) in [7, 11) is -4.29. The molecule has 188 valence electrons. The number of fused-ring (bicyclic) bond motifs is 1. The Bertz CT molecular complexity index is 1570. The Hall–Kier alpha value is -3.79. The van der Waals surface area contributed by atoms with Crippen molar-refractivity contribution in [3.8, 4) is 17.0 Å². The van der Waals surface area contributed by atoms with Gasteiger partial charge < -0.3 is 9.84 Å². The zero-order chi connectivity index (χ0) is 26.4. The second kappa shape index (κ2) is 9.02. The van der Waals surface area contributed by atoms with E-state index < -0.39 is 28.1 Å². The minimum atomic E-state index is -4.93. The summed E-state index contributed by atoms with van der Waals surface area (Å²) in [6, 6.07) is 15.4. The summed E-state index contributed by atoms with van der Waals surface area (Å²) in [5.41, 5.74) is 1.49. The number of carboxylic acids is 1. The monoisotopic (exact) mass is 517 g/mol. The molecule has 1 aromatic heterocycles. The predicted octanol–water partition coefficient (Wildman–Crippen LogP) is 6.57. The first-order chi connectivity index (χ1) is 16.8. The van der Waals surface area contributed by atoms with Crippen molar-refractivity contribution in [2.24, 2.45) is 0 Å². The van der Waals surface area contributed by atoms with Crippen LogP contribution in [0.25, 0.3) is 22.2 Å². The molecule has 0 aliphatic heterocycles. The fraction of sp³-hybridized carbons (Fsp3) is 0.192. The van der Waals surface area contributed by atoms with E-state index >= 15 is 0 Å². The molecular formula is C26H22F3NO5S. The third-order valence-electron chi connectivity index (χ3n) is 5.81. The van der Waals surface area contributed by atoms with Gasteiger partial charge >= 0.3 is 12.3 Å².